The van der Waals surface area contributed by atoms with Gasteiger partial charge in [-0.15, -0.1) is 11.3 Å². The second kappa shape index (κ2) is 6.58. The minimum atomic E-state index is -0.784. The Kier molecular flexibility index (Phi) is 5.40. The van der Waals surface area contributed by atoms with Crippen LogP contribution in [0.5, 0.6) is 0 Å². The maximum atomic E-state index is 11.2. The predicted molar refractivity (Wildman–Crippen MR) is 66.0 cm³/mol. The number of aliphatic hydroxyl groups is 1. The lowest BCUT2D eigenvalue weighted by Crippen LogP contribution is -2.37. The van der Waals surface area contributed by atoms with Crippen LogP contribution in [0.1, 0.15) is 17.9 Å². The molecule has 0 saturated heterocycles. The third-order valence-corrected chi connectivity index (χ3v) is 3.25. The number of nitrogens with one attached hydrogen (secondary N) is 2. The maximum absolute atomic E-state index is 11.2. The Hall–Kier alpha value is -1.11. The molecule has 1 aromatic rings. The van der Waals surface area contributed by atoms with Crippen molar-refractivity contribution in [2.24, 2.45) is 0 Å². The fraction of sp³-hybridized carbons (Fsp3) is 0.400. The van der Waals surface area contributed by atoms with Crippen molar-refractivity contribution >= 4 is 34.8 Å². The van der Waals surface area contributed by atoms with Gasteiger partial charge in [0.15, 0.2) is 0 Å². The number of hydrogen-bond donors (Lipinski definition) is 3. The van der Waals surface area contributed by atoms with Gasteiger partial charge in [-0.05, 0) is 12.1 Å². The van der Waals surface area contributed by atoms with E-state index in [0.717, 1.165) is 0 Å². The Bertz CT molecular complexity index is 408. The first kappa shape index (κ1) is 14.0. The van der Waals surface area contributed by atoms with Crippen LogP contribution >= 0.6 is 22.9 Å². The summed E-state index contributed by atoms with van der Waals surface area (Å²) in [5.74, 6) is -0.618. The van der Waals surface area contributed by atoms with Gasteiger partial charge in [-0.2, -0.15) is 0 Å². The Morgan fingerprint density at radius 1 is 1.47 bits per heavy atom. The van der Waals surface area contributed by atoms with E-state index in [0.29, 0.717) is 9.21 Å². The van der Waals surface area contributed by atoms with Gasteiger partial charge < -0.3 is 15.7 Å². The van der Waals surface area contributed by atoms with Crippen LogP contribution in [-0.4, -0.2) is 30.0 Å². The molecule has 0 aromatic carbocycles. The highest BCUT2D eigenvalue weighted by atomic mass is 35.5. The lowest BCUT2D eigenvalue weighted by atomic mass is 10.3. The molecule has 1 aromatic heterocycles. The normalized spacial score (nSPS) is 11.9. The van der Waals surface area contributed by atoms with Crippen molar-refractivity contribution in [3.63, 3.8) is 0 Å². The van der Waals surface area contributed by atoms with Gasteiger partial charge in [0.25, 0.3) is 0 Å². The predicted octanol–water partition coefficient (Wildman–Crippen LogP) is 0.687. The summed E-state index contributed by atoms with van der Waals surface area (Å²) in [6, 6.07) is 3.39. The number of carbonyl (C=O) groups is 2. The van der Waals surface area contributed by atoms with Crippen molar-refractivity contribution in [1.29, 1.82) is 0 Å². The van der Waals surface area contributed by atoms with Gasteiger partial charge in [-0.1, -0.05) is 11.6 Å². The summed E-state index contributed by atoms with van der Waals surface area (Å²) < 4.78 is 0.587. The molecule has 1 heterocycles. The highest BCUT2D eigenvalue weighted by Crippen LogP contribution is 2.26. The molecule has 0 bridgehead atoms. The minimum absolute atomic E-state index is 0.0900. The second-order valence-electron chi connectivity index (χ2n) is 3.37. The van der Waals surface area contributed by atoms with Crippen LogP contribution in [0.2, 0.25) is 4.34 Å². The average molecular weight is 277 g/mol. The molecule has 1 atom stereocenters. The van der Waals surface area contributed by atoms with Crippen LogP contribution in [0.4, 0.5) is 0 Å². The molecule has 1 unspecified atom stereocenters. The first-order valence-corrected chi connectivity index (χ1v) is 6.13. The van der Waals surface area contributed by atoms with Gasteiger partial charge in [0, 0.05) is 18.3 Å². The van der Waals surface area contributed by atoms with Gasteiger partial charge in [-0.25, -0.2) is 0 Å². The standard InChI is InChI=1S/C10H13ClN2O3S/c1-6(14)12-5-10(16)13-4-7(15)8-2-3-9(11)17-8/h2-3,7,15H,4-5H2,1H3,(H,12,14)(H,13,16). The van der Waals surface area contributed by atoms with Crippen LogP contribution in [-0.2, 0) is 9.59 Å². The summed E-state index contributed by atoms with van der Waals surface area (Å²) >= 11 is 6.98. The third-order valence-electron chi connectivity index (χ3n) is 1.91. The van der Waals surface area contributed by atoms with Gasteiger partial charge in [0.1, 0.15) is 6.10 Å². The fourth-order valence-electron chi connectivity index (χ4n) is 1.09. The smallest absolute Gasteiger partial charge is 0.239 e. The molecule has 5 nitrogen and oxygen atoms in total. The van der Waals surface area contributed by atoms with E-state index in [4.69, 9.17) is 11.6 Å². The molecule has 0 fully saturated rings. The average Bonchev–Trinajstić information content (AvgIpc) is 2.70. The van der Waals surface area contributed by atoms with Gasteiger partial charge in [-0.3, -0.25) is 9.59 Å². The molecule has 0 aliphatic rings. The number of thiophene rings is 1. The summed E-state index contributed by atoms with van der Waals surface area (Å²) in [6.45, 7) is 1.33. The molecular weight excluding hydrogens is 264 g/mol. The Morgan fingerprint density at radius 3 is 2.71 bits per heavy atom. The minimum Gasteiger partial charge on any atom is -0.386 e. The van der Waals surface area contributed by atoms with Crippen molar-refractivity contribution in [2.45, 2.75) is 13.0 Å². The fourth-order valence-corrected chi connectivity index (χ4v) is 2.13. The molecule has 0 aliphatic heterocycles. The van der Waals surface area contributed by atoms with Crippen LogP contribution in [0, 0.1) is 0 Å². The van der Waals surface area contributed by atoms with E-state index < -0.39 is 6.10 Å². The molecule has 0 radical (unpaired) electrons. The second-order valence-corrected chi connectivity index (χ2v) is 5.12. The summed E-state index contributed by atoms with van der Waals surface area (Å²) in [6.07, 6.45) is -0.784. The Labute approximate surface area is 108 Å². The number of hydrogen-bond acceptors (Lipinski definition) is 4. The maximum Gasteiger partial charge on any atom is 0.239 e. The van der Waals surface area contributed by atoms with E-state index in [1.54, 1.807) is 12.1 Å². The quantitative estimate of drug-likeness (QED) is 0.740. The third kappa shape index (κ3) is 5.16. The highest BCUT2D eigenvalue weighted by molar-refractivity contribution is 7.16. The highest BCUT2D eigenvalue weighted by Gasteiger charge is 2.11. The van der Waals surface area contributed by atoms with Crippen LogP contribution in [0.25, 0.3) is 0 Å². The van der Waals surface area contributed by atoms with Crippen LogP contribution < -0.4 is 10.6 Å². The molecule has 7 heteroatoms. The largest absolute Gasteiger partial charge is 0.386 e. The summed E-state index contributed by atoms with van der Waals surface area (Å²) in [5.41, 5.74) is 0. The Balaban J connectivity index is 2.30. The molecule has 0 aliphatic carbocycles. The Morgan fingerprint density at radius 2 is 2.18 bits per heavy atom. The molecule has 2 amide bonds. The van der Waals surface area contributed by atoms with E-state index in [2.05, 4.69) is 10.6 Å². The number of amides is 2. The van der Waals surface area contributed by atoms with E-state index in [1.807, 2.05) is 0 Å². The van der Waals surface area contributed by atoms with E-state index >= 15 is 0 Å². The van der Waals surface area contributed by atoms with Gasteiger partial charge in [0.2, 0.25) is 11.8 Å². The molecule has 0 spiro atoms. The number of aliphatic hydroxyl groups excluding tert-OH is 1. The lowest BCUT2D eigenvalue weighted by molar-refractivity contribution is -0.125. The van der Waals surface area contributed by atoms with Crippen LogP contribution in [0.3, 0.4) is 0 Å². The van der Waals surface area contributed by atoms with E-state index in [9.17, 15) is 14.7 Å². The lowest BCUT2D eigenvalue weighted by Gasteiger charge is -2.10. The SMILES string of the molecule is CC(=O)NCC(=O)NCC(O)c1ccc(Cl)s1. The van der Waals surface area contributed by atoms with Crippen molar-refractivity contribution in [3.8, 4) is 0 Å². The molecule has 1 rings (SSSR count). The first-order chi connectivity index (χ1) is 7.99. The monoisotopic (exact) mass is 276 g/mol. The van der Waals surface area contributed by atoms with Crippen molar-refractivity contribution < 1.29 is 14.7 Å². The zero-order valence-corrected chi connectivity index (χ0v) is 10.8. The van der Waals surface area contributed by atoms with Crippen molar-refractivity contribution in [3.05, 3.63) is 21.3 Å². The first-order valence-electron chi connectivity index (χ1n) is 4.93. The molecule has 0 saturated carbocycles. The number of halogens is 1. The van der Waals surface area contributed by atoms with Gasteiger partial charge >= 0.3 is 0 Å². The van der Waals surface area contributed by atoms with Crippen LogP contribution in [0.15, 0.2) is 12.1 Å². The number of carbonyl (C=O) groups excluding carboxylic acids is 2. The summed E-state index contributed by atoms with van der Waals surface area (Å²) in [4.78, 5) is 22.5. The summed E-state index contributed by atoms with van der Waals surface area (Å²) in [7, 11) is 0. The molecule has 17 heavy (non-hydrogen) atoms. The topological polar surface area (TPSA) is 78.4 Å². The zero-order valence-electron chi connectivity index (χ0n) is 9.20. The molecular formula is C10H13ClN2O3S. The molecule has 94 valence electrons. The van der Waals surface area contributed by atoms with Crippen molar-refractivity contribution in [1.82, 2.24) is 10.6 Å². The summed E-state index contributed by atoms with van der Waals surface area (Å²) in [5, 5.41) is 14.6. The van der Waals surface area contributed by atoms with E-state index in [-0.39, 0.29) is 24.9 Å². The van der Waals surface area contributed by atoms with E-state index in [1.165, 1.54) is 18.3 Å². The van der Waals surface area contributed by atoms with Crippen molar-refractivity contribution in [2.75, 3.05) is 13.1 Å². The number of rotatable bonds is 5. The van der Waals surface area contributed by atoms with Gasteiger partial charge in [0.05, 0.1) is 10.9 Å². The zero-order chi connectivity index (χ0) is 12.8. The molecule has 3 N–H and O–H groups in total.